The number of nitrogens with zero attached hydrogens (tertiary/aromatic N) is 3. The molecule has 3 aromatic rings. The number of non-ortho nitro benzene ring substituents is 1. The van der Waals surface area contributed by atoms with E-state index in [9.17, 15) is 24.1 Å². The van der Waals surface area contributed by atoms with Crippen molar-refractivity contribution in [1.29, 1.82) is 0 Å². The Morgan fingerprint density at radius 3 is 2.41 bits per heavy atom. The second-order valence-corrected chi connectivity index (χ2v) is 8.56. The number of nitro groups is 1. The number of carbonyl (C=O) groups is 2. The van der Waals surface area contributed by atoms with E-state index in [-0.39, 0.29) is 29.9 Å². The zero-order valence-corrected chi connectivity index (χ0v) is 19.2. The van der Waals surface area contributed by atoms with Gasteiger partial charge in [0.1, 0.15) is 18.2 Å². The Kier molecular flexibility index (Phi) is 6.51. The van der Waals surface area contributed by atoms with Crippen LogP contribution in [0.25, 0.3) is 11.8 Å². The van der Waals surface area contributed by atoms with Crippen LogP contribution >= 0.6 is 11.8 Å². The Labute approximate surface area is 198 Å². The van der Waals surface area contributed by atoms with Gasteiger partial charge in [0.25, 0.3) is 16.8 Å². The number of rotatable bonds is 7. The van der Waals surface area contributed by atoms with E-state index >= 15 is 0 Å². The van der Waals surface area contributed by atoms with Crippen molar-refractivity contribution in [2.45, 2.75) is 13.8 Å². The molecule has 2 aromatic carbocycles. The van der Waals surface area contributed by atoms with Gasteiger partial charge in [0.05, 0.1) is 16.4 Å². The molecule has 1 aromatic heterocycles. The number of thioether (sulfide) groups is 1. The van der Waals surface area contributed by atoms with Gasteiger partial charge in [-0.05, 0) is 79.7 Å². The van der Waals surface area contributed by atoms with E-state index < -0.39 is 10.8 Å². The maximum atomic E-state index is 13.0. The molecule has 0 radical (unpaired) electrons. The van der Waals surface area contributed by atoms with E-state index in [2.05, 4.69) is 0 Å². The zero-order valence-electron chi connectivity index (χ0n) is 18.4. The van der Waals surface area contributed by atoms with Gasteiger partial charge in [-0.3, -0.25) is 24.6 Å². The van der Waals surface area contributed by atoms with E-state index in [1.165, 1.54) is 36.4 Å². The summed E-state index contributed by atoms with van der Waals surface area (Å²) in [6, 6.07) is 13.6. The minimum Gasteiger partial charge on any atom is -0.492 e. The van der Waals surface area contributed by atoms with E-state index in [1.807, 2.05) is 24.5 Å². The van der Waals surface area contributed by atoms with Crippen molar-refractivity contribution in [2.24, 2.45) is 0 Å². The van der Waals surface area contributed by atoms with Gasteiger partial charge >= 0.3 is 0 Å². The van der Waals surface area contributed by atoms with Gasteiger partial charge < -0.3 is 9.30 Å². The van der Waals surface area contributed by atoms with Crippen LogP contribution in [0.2, 0.25) is 0 Å². The second kappa shape index (κ2) is 9.52. The van der Waals surface area contributed by atoms with Crippen LogP contribution in [-0.4, -0.2) is 38.7 Å². The Balaban J connectivity index is 1.49. The number of aryl methyl sites for hydroxylation is 1. The van der Waals surface area contributed by atoms with Gasteiger partial charge in [0.2, 0.25) is 0 Å². The van der Waals surface area contributed by atoms with Crippen LogP contribution in [0.5, 0.6) is 5.75 Å². The highest BCUT2D eigenvalue weighted by atomic mass is 32.2. The number of hydrogen-bond acceptors (Lipinski definition) is 6. The molecule has 8 nitrogen and oxygen atoms in total. The average molecular weight is 482 g/mol. The molecule has 4 rings (SSSR count). The molecule has 0 unspecified atom stereocenters. The summed E-state index contributed by atoms with van der Waals surface area (Å²) in [5, 5.41) is 10.5. The molecule has 1 aliphatic heterocycles. The Morgan fingerprint density at radius 2 is 1.76 bits per heavy atom. The van der Waals surface area contributed by atoms with Crippen molar-refractivity contribution in [3.8, 4) is 11.4 Å². The zero-order chi connectivity index (χ0) is 24.4. The van der Waals surface area contributed by atoms with E-state index in [1.54, 1.807) is 18.2 Å². The monoisotopic (exact) mass is 481 g/mol. The smallest absolute Gasteiger partial charge is 0.293 e. The second-order valence-electron chi connectivity index (χ2n) is 7.57. The molecule has 2 heterocycles. The number of imide groups is 1. The van der Waals surface area contributed by atoms with Crippen molar-refractivity contribution in [2.75, 3.05) is 13.2 Å². The van der Waals surface area contributed by atoms with Gasteiger partial charge in [0, 0.05) is 29.2 Å². The van der Waals surface area contributed by atoms with Crippen molar-refractivity contribution >= 4 is 34.7 Å². The normalized spacial score (nSPS) is 14.8. The molecule has 0 spiro atoms. The third kappa shape index (κ3) is 4.72. The van der Waals surface area contributed by atoms with E-state index in [4.69, 9.17) is 4.74 Å². The first-order valence-electron chi connectivity index (χ1n) is 10.3. The van der Waals surface area contributed by atoms with Gasteiger partial charge in [-0.2, -0.15) is 0 Å². The quantitative estimate of drug-likeness (QED) is 0.260. The lowest BCUT2D eigenvalue weighted by Gasteiger charge is -2.13. The number of benzene rings is 2. The molecule has 174 valence electrons. The highest BCUT2D eigenvalue weighted by Crippen LogP contribution is 2.33. The maximum Gasteiger partial charge on any atom is 0.293 e. The lowest BCUT2D eigenvalue weighted by Crippen LogP contribution is -2.32. The minimum absolute atomic E-state index is 0.00326. The Morgan fingerprint density at radius 1 is 1.09 bits per heavy atom. The maximum absolute atomic E-state index is 13.0. The number of halogens is 1. The van der Waals surface area contributed by atoms with Gasteiger partial charge in [-0.25, -0.2) is 4.39 Å². The average Bonchev–Trinajstić information content (AvgIpc) is 3.24. The summed E-state index contributed by atoms with van der Waals surface area (Å²) in [4.78, 5) is 37.1. The minimum atomic E-state index is -0.453. The number of aromatic nitrogens is 1. The summed E-state index contributed by atoms with van der Waals surface area (Å²) >= 11 is 0.859. The SMILES string of the molecule is Cc1cc(/C=C2\SC(=O)N(CCOc3ccc(F)cc3)C2=O)c(C)n1-c1ccc([N+](=O)[O-])cc1. The summed E-state index contributed by atoms with van der Waals surface area (Å²) < 4.78 is 20.4. The fourth-order valence-electron chi connectivity index (χ4n) is 3.67. The predicted octanol–water partition coefficient (Wildman–Crippen LogP) is 5.26. The molecule has 1 aliphatic rings. The molecule has 0 N–H and O–H groups in total. The van der Waals surface area contributed by atoms with Crippen molar-refractivity contribution < 1.29 is 23.6 Å². The molecular weight excluding hydrogens is 461 g/mol. The van der Waals surface area contributed by atoms with Crippen LogP contribution < -0.4 is 4.74 Å². The highest BCUT2D eigenvalue weighted by Gasteiger charge is 2.35. The third-order valence-corrected chi connectivity index (χ3v) is 6.25. The first-order valence-corrected chi connectivity index (χ1v) is 11.1. The topological polar surface area (TPSA) is 94.7 Å². The molecular formula is C24H20FN3O5S. The summed E-state index contributed by atoms with van der Waals surface area (Å²) in [6.45, 7) is 3.93. The molecule has 34 heavy (non-hydrogen) atoms. The largest absolute Gasteiger partial charge is 0.492 e. The third-order valence-electron chi connectivity index (χ3n) is 5.35. The summed E-state index contributed by atoms with van der Waals surface area (Å²) in [5.74, 6) is -0.336. The number of carbonyl (C=O) groups excluding carboxylic acids is 2. The molecule has 2 amide bonds. The number of ether oxygens (including phenoxy) is 1. The van der Waals surface area contributed by atoms with Crippen molar-refractivity contribution in [3.63, 3.8) is 0 Å². The summed E-state index contributed by atoms with van der Waals surface area (Å²) in [5.41, 5.74) is 3.24. The first kappa shape index (κ1) is 23.2. The van der Waals surface area contributed by atoms with Crippen LogP contribution in [0.15, 0.2) is 59.5 Å². The predicted molar refractivity (Wildman–Crippen MR) is 126 cm³/mol. The number of amides is 2. The molecule has 0 aliphatic carbocycles. The highest BCUT2D eigenvalue weighted by molar-refractivity contribution is 8.18. The van der Waals surface area contributed by atoms with Crippen LogP contribution in [0.4, 0.5) is 14.9 Å². The summed E-state index contributed by atoms with van der Waals surface area (Å²) in [7, 11) is 0. The molecule has 1 fully saturated rings. The van der Waals surface area contributed by atoms with Crippen LogP contribution in [0.1, 0.15) is 17.0 Å². The van der Waals surface area contributed by atoms with Crippen molar-refractivity contribution in [3.05, 3.63) is 92.4 Å². The van der Waals surface area contributed by atoms with Crippen LogP contribution in [-0.2, 0) is 4.79 Å². The lowest BCUT2D eigenvalue weighted by molar-refractivity contribution is -0.384. The van der Waals surface area contributed by atoms with E-state index in [0.29, 0.717) is 10.7 Å². The molecule has 0 atom stereocenters. The standard InChI is InChI=1S/C24H20FN3O5S/c1-15-13-17(16(2)27(15)19-5-7-20(8-6-19)28(31)32)14-22-23(29)26(24(30)34-22)11-12-33-21-9-3-18(25)4-10-21/h3-10,13-14H,11-12H2,1-2H3/b22-14-. The number of hydrogen-bond donors (Lipinski definition) is 0. The fourth-order valence-corrected chi connectivity index (χ4v) is 4.53. The fraction of sp³-hybridized carbons (Fsp3) is 0.167. The molecule has 10 heteroatoms. The molecule has 1 saturated heterocycles. The van der Waals surface area contributed by atoms with Crippen LogP contribution in [0, 0.1) is 29.8 Å². The molecule has 0 bridgehead atoms. The van der Waals surface area contributed by atoms with Gasteiger partial charge in [-0.1, -0.05) is 0 Å². The number of nitro benzene ring substituents is 1. The van der Waals surface area contributed by atoms with Gasteiger partial charge in [0.15, 0.2) is 0 Å². The summed E-state index contributed by atoms with van der Waals surface area (Å²) in [6.07, 6.45) is 1.68. The van der Waals surface area contributed by atoms with Crippen molar-refractivity contribution in [1.82, 2.24) is 9.47 Å². The Hall–Kier alpha value is -3.92. The lowest BCUT2D eigenvalue weighted by atomic mass is 10.2. The van der Waals surface area contributed by atoms with Gasteiger partial charge in [-0.15, -0.1) is 0 Å². The Bertz CT molecular complexity index is 1300. The molecule has 0 saturated carbocycles. The first-order chi connectivity index (χ1) is 16.2. The van der Waals surface area contributed by atoms with Crippen LogP contribution in [0.3, 0.4) is 0 Å². The van der Waals surface area contributed by atoms with E-state index in [0.717, 1.165) is 39.3 Å².